The standard InChI is InChI=1S/C25H40N4O2/c1-2-26-25(29-15-17-31-24(20-29)23-12-9-16-30-23)27-18-21-10-5-6-11-22(21)19-28-13-7-3-4-8-14-28/h5-6,10-11,23-24H,2-4,7-9,12-20H2,1H3,(H,26,27). The Labute approximate surface area is 188 Å². The van der Waals surface area contributed by atoms with Gasteiger partial charge in [-0.15, -0.1) is 0 Å². The van der Waals surface area contributed by atoms with E-state index in [2.05, 4.69) is 46.3 Å². The van der Waals surface area contributed by atoms with Crippen molar-refractivity contribution in [2.75, 3.05) is 45.9 Å². The highest BCUT2D eigenvalue weighted by Gasteiger charge is 2.32. The lowest BCUT2D eigenvalue weighted by Crippen LogP contribution is -2.53. The van der Waals surface area contributed by atoms with E-state index < -0.39 is 0 Å². The van der Waals surface area contributed by atoms with Gasteiger partial charge in [0.15, 0.2) is 5.96 Å². The molecule has 3 fully saturated rings. The molecule has 31 heavy (non-hydrogen) atoms. The van der Waals surface area contributed by atoms with Gasteiger partial charge in [-0.3, -0.25) is 4.90 Å². The summed E-state index contributed by atoms with van der Waals surface area (Å²) in [5, 5.41) is 3.51. The van der Waals surface area contributed by atoms with Gasteiger partial charge < -0.3 is 19.7 Å². The maximum atomic E-state index is 6.04. The number of morpholine rings is 1. The second kappa shape index (κ2) is 11.8. The van der Waals surface area contributed by atoms with Crippen molar-refractivity contribution in [3.05, 3.63) is 35.4 Å². The van der Waals surface area contributed by atoms with Crippen LogP contribution in [-0.2, 0) is 22.6 Å². The van der Waals surface area contributed by atoms with Gasteiger partial charge in [0.25, 0.3) is 0 Å². The fourth-order valence-electron chi connectivity index (χ4n) is 4.98. The number of aliphatic imine (C=N–C) groups is 1. The van der Waals surface area contributed by atoms with Crippen LogP contribution in [0.15, 0.2) is 29.3 Å². The van der Waals surface area contributed by atoms with E-state index in [0.717, 1.165) is 58.2 Å². The molecule has 3 aliphatic rings. The molecule has 0 amide bonds. The number of ether oxygens (including phenoxy) is 2. The SMILES string of the molecule is CCNC(=NCc1ccccc1CN1CCCCCC1)N1CCOC(C2CCCO2)C1. The summed E-state index contributed by atoms with van der Waals surface area (Å²) in [6, 6.07) is 8.84. The summed E-state index contributed by atoms with van der Waals surface area (Å²) >= 11 is 0. The van der Waals surface area contributed by atoms with E-state index in [4.69, 9.17) is 14.5 Å². The predicted octanol–water partition coefficient (Wildman–Crippen LogP) is 3.41. The average Bonchev–Trinajstić information content (AvgIpc) is 3.23. The Morgan fingerprint density at radius 2 is 1.74 bits per heavy atom. The zero-order valence-corrected chi connectivity index (χ0v) is 19.2. The third kappa shape index (κ3) is 6.43. The molecule has 6 nitrogen and oxygen atoms in total. The highest BCUT2D eigenvalue weighted by molar-refractivity contribution is 5.80. The number of benzene rings is 1. The Morgan fingerprint density at radius 1 is 0.968 bits per heavy atom. The van der Waals surface area contributed by atoms with E-state index in [0.29, 0.717) is 6.54 Å². The summed E-state index contributed by atoms with van der Waals surface area (Å²) < 4.78 is 11.9. The Bertz CT molecular complexity index is 697. The summed E-state index contributed by atoms with van der Waals surface area (Å²) in [6.07, 6.45) is 8.04. The minimum Gasteiger partial charge on any atom is -0.375 e. The molecular formula is C25H40N4O2. The predicted molar refractivity (Wildman–Crippen MR) is 125 cm³/mol. The van der Waals surface area contributed by atoms with Crippen LogP contribution in [0.5, 0.6) is 0 Å². The van der Waals surface area contributed by atoms with Gasteiger partial charge in [0, 0.05) is 32.8 Å². The Morgan fingerprint density at radius 3 is 2.48 bits per heavy atom. The Balaban J connectivity index is 1.42. The van der Waals surface area contributed by atoms with Crippen LogP contribution >= 0.6 is 0 Å². The largest absolute Gasteiger partial charge is 0.375 e. The van der Waals surface area contributed by atoms with E-state index in [1.54, 1.807) is 0 Å². The highest BCUT2D eigenvalue weighted by atomic mass is 16.5. The van der Waals surface area contributed by atoms with Gasteiger partial charge in [0.05, 0.1) is 19.3 Å². The Hall–Kier alpha value is -1.63. The van der Waals surface area contributed by atoms with Gasteiger partial charge >= 0.3 is 0 Å². The molecule has 3 aliphatic heterocycles. The molecule has 0 spiro atoms. The molecule has 6 heteroatoms. The second-order valence-corrected chi connectivity index (χ2v) is 9.04. The lowest BCUT2D eigenvalue weighted by Gasteiger charge is -2.37. The lowest BCUT2D eigenvalue weighted by molar-refractivity contribution is -0.0817. The summed E-state index contributed by atoms with van der Waals surface area (Å²) in [5.74, 6) is 0.998. The molecule has 4 rings (SSSR count). The zero-order chi connectivity index (χ0) is 21.3. The number of guanidine groups is 1. The van der Waals surface area contributed by atoms with Crippen LogP contribution in [0.25, 0.3) is 0 Å². The van der Waals surface area contributed by atoms with Crippen molar-refractivity contribution in [1.29, 1.82) is 0 Å². The summed E-state index contributed by atoms with van der Waals surface area (Å²) in [5.41, 5.74) is 2.76. The van der Waals surface area contributed by atoms with Gasteiger partial charge in [-0.25, -0.2) is 4.99 Å². The molecule has 0 aromatic heterocycles. The summed E-state index contributed by atoms with van der Waals surface area (Å²) in [6.45, 7) is 10.5. The minimum absolute atomic E-state index is 0.149. The monoisotopic (exact) mass is 428 g/mol. The average molecular weight is 429 g/mol. The third-order valence-electron chi connectivity index (χ3n) is 6.72. The van der Waals surface area contributed by atoms with Crippen molar-refractivity contribution in [2.45, 2.75) is 70.7 Å². The number of hydrogen-bond acceptors (Lipinski definition) is 4. The van der Waals surface area contributed by atoms with E-state index >= 15 is 0 Å². The smallest absolute Gasteiger partial charge is 0.194 e. The first-order chi connectivity index (χ1) is 15.3. The molecule has 0 saturated carbocycles. The lowest BCUT2D eigenvalue weighted by atomic mass is 10.1. The first-order valence-electron chi connectivity index (χ1n) is 12.4. The van der Waals surface area contributed by atoms with Crippen LogP contribution in [0.4, 0.5) is 0 Å². The first kappa shape index (κ1) is 22.6. The summed E-state index contributed by atoms with van der Waals surface area (Å²) in [4.78, 5) is 10.0. The summed E-state index contributed by atoms with van der Waals surface area (Å²) in [7, 11) is 0. The molecular weight excluding hydrogens is 388 g/mol. The van der Waals surface area contributed by atoms with E-state index in [1.165, 1.54) is 49.9 Å². The second-order valence-electron chi connectivity index (χ2n) is 9.04. The van der Waals surface area contributed by atoms with E-state index in [-0.39, 0.29) is 12.2 Å². The van der Waals surface area contributed by atoms with Crippen molar-refractivity contribution < 1.29 is 9.47 Å². The molecule has 1 aromatic rings. The molecule has 2 atom stereocenters. The molecule has 1 N–H and O–H groups in total. The van der Waals surface area contributed by atoms with Crippen LogP contribution in [-0.4, -0.2) is 73.9 Å². The van der Waals surface area contributed by atoms with Crippen LogP contribution in [0.1, 0.15) is 56.6 Å². The highest BCUT2D eigenvalue weighted by Crippen LogP contribution is 2.21. The Kier molecular flexibility index (Phi) is 8.62. The minimum atomic E-state index is 0.149. The number of rotatable bonds is 6. The zero-order valence-electron chi connectivity index (χ0n) is 19.2. The quantitative estimate of drug-likeness (QED) is 0.556. The molecule has 0 bridgehead atoms. The van der Waals surface area contributed by atoms with Crippen molar-refractivity contribution in [3.8, 4) is 0 Å². The van der Waals surface area contributed by atoms with Gasteiger partial charge in [-0.05, 0) is 56.8 Å². The van der Waals surface area contributed by atoms with E-state index in [1.807, 2.05) is 0 Å². The molecule has 172 valence electrons. The number of nitrogens with one attached hydrogen (secondary N) is 1. The number of likely N-dealkylation sites (tertiary alicyclic amines) is 1. The van der Waals surface area contributed by atoms with Crippen molar-refractivity contribution in [3.63, 3.8) is 0 Å². The number of nitrogens with zero attached hydrogens (tertiary/aromatic N) is 3. The topological polar surface area (TPSA) is 49.3 Å². The molecule has 0 radical (unpaired) electrons. The molecule has 0 aliphatic carbocycles. The van der Waals surface area contributed by atoms with Gasteiger partial charge in [-0.2, -0.15) is 0 Å². The van der Waals surface area contributed by atoms with Crippen LogP contribution in [0, 0.1) is 0 Å². The maximum absolute atomic E-state index is 6.04. The molecule has 3 heterocycles. The van der Waals surface area contributed by atoms with Gasteiger partial charge in [-0.1, -0.05) is 37.1 Å². The fourth-order valence-corrected chi connectivity index (χ4v) is 4.98. The maximum Gasteiger partial charge on any atom is 0.194 e. The third-order valence-corrected chi connectivity index (χ3v) is 6.72. The van der Waals surface area contributed by atoms with Crippen molar-refractivity contribution in [2.24, 2.45) is 4.99 Å². The van der Waals surface area contributed by atoms with E-state index in [9.17, 15) is 0 Å². The van der Waals surface area contributed by atoms with Crippen LogP contribution in [0.3, 0.4) is 0 Å². The normalized spacial score (nSPS) is 26.1. The molecule has 2 unspecified atom stereocenters. The van der Waals surface area contributed by atoms with Gasteiger partial charge in [0.1, 0.15) is 6.10 Å². The van der Waals surface area contributed by atoms with Crippen LogP contribution < -0.4 is 5.32 Å². The molecule has 1 aromatic carbocycles. The fraction of sp³-hybridized carbons (Fsp3) is 0.720. The molecule has 3 saturated heterocycles. The van der Waals surface area contributed by atoms with Crippen molar-refractivity contribution >= 4 is 5.96 Å². The number of hydrogen-bond donors (Lipinski definition) is 1. The first-order valence-corrected chi connectivity index (χ1v) is 12.4. The van der Waals surface area contributed by atoms with Crippen LogP contribution in [0.2, 0.25) is 0 Å². The van der Waals surface area contributed by atoms with Gasteiger partial charge in [0.2, 0.25) is 0 Å². The van der Waals surface area contributed by atoms with Crippen molar-refractivity contribution in [1.82, 2.24) is 15.1 Å².